The van der Waals surface area contributed by atoms with E-state index in [0.29, 0.717) is 18.2 Å². The second-order valence-corrected chi connectivity index (χ2v) is 6.90. The first-order valence-electron chi connectivity index (χ1n) is 8.66. The van der Waals surface area contributed by atoms with Gasteiger partial charge in [-0.1, -0.05) is 0 Å². The maximum absolute atomic E-state index is 13.0. The number of H-pyrrole nitrogens is 1. The van der Waals surface area contributed by atoms with Gasteiger partial charge >= 0.3 is 0 Å². The highest BCUT2D eigenvalue weighted by molar-refractivity contribution is 5.93. The Hall–Kier alpha value is -2.70. The lowest BCUT2D eigenvalue weighted by atomic mass is 9.93. The maximum atomic E-state index is 13.0. The first-order valence-corrected chi connectivity index (χ1v) is 8.66. The second-order valence-electron chi connectivity index (χ2n) is 6.90. The number of rotatable bonds is 2. The third kappa shape index (κ3) is 2.79. The van der Waals surface area contributed by atoms with Crippen molar-refractivity contribution in [2.45, 2.75) is 39.5 Å². The van der Waals surface area contributed by atoms with E-state index < -0.39 is 0 Å². The Balaban J connectivity index is 1.60. The summed E-state index contributed by atoms with van der Waals surface area (Å²) in [4.78, 5) is 19.3. The number of aromatic amines is 1. The normalized spacial score (nSPS) is 18.0. The summed E-state index contributed by atoms with van der Waals surface area (Å²) in [6, 6.07) is 3.75. The molecule has 7 heteroatoms. The summed E-state index contributed by atoms with van der Waals surface area (Å²) in [6.07, 6.45) is 3.89. The Morgan fingerprint density at radius 1 is 1.28 bits per heavy atom. The molecule has 1 N–H and O–H groups in total. The summed E-state index contributed by atoms with van der Waals surface area (Å²) in [5.74, 6) is 0.281. The molecule has 3 aromatic heterocycles. The third-order valence-electron chi connectivity index (χ3n) is 4.94. The molecule has 0 spiro atoms. The van der Waals surface area contributed by atoms with Gasteiger partial charge in [-0.3, -0.25) is 9.89 Å². The summed E-state index contributed by atoms with van der Waals surface area (Å²) < 4.78 is 1.74. The summed E-state index contributed by atoms with van der Waals surface area (Å²) >= 11 is 0. The van der Waals surface area contributed by atoms with Crippen molar-refractivity contribution < 1.29 is 4.79 Å². The molecule has 4 rings (SSSR count). The van der Waals surface area contributed by atoms with E-state index in [1.54, 1.807) is 10.6 Å². The average Bonchev–Trinajstić information content (AvgIpc) is 3.20. The number of hydrogen-bond donors (Lipinski definition) is 1. The number of fused-ring (bicyclic) bond motifs is 1. The zero-order chi connectivity index (χ0) is 17.6. The molecule has 0 saturated carbocycles. The van der Waals surface area contributed by atoms with Gasteiger partial charge < -0.3 is 4.90 Å². The Kier molecular flexibility index (Phi) is 3.78. The molecule has 7 nitrogen and oxygen atoms in total. The molecule has 1 atom stereocenters. The van der Waals surface area contributed by atoms with Crippen molar-refractivity contribution in [2.75, 3.05) is 13.1 Å². The van der Waals surface area contributed by atoms with Crippen LogP contribution in [0.1, 0.15) is 51.9 Å². The van der Waals surface area contributed by atoms with E-state index >= 15 is 0 Å². The highest BCUT2D eigenvalue weighted by Crippen LogP contribution is 2.28. The molecule has 1 aliphatic rings. The Bertz CT molecular complexity index is 940. The molecule has 0 aliphatic carbocycles. The number of piperidine rings is 1. The highest BCUT2D eigenvalue weighted by Gasteiger charge is 2.28. The molecule has 0 radical (unpaired) electrons. The molecule has 25 heavy (non-hydrogen) atoms. The number of nitrogens with zero attached hydrogens (tertiary/aromatic N) is 5. The van der Waals surface area contributed by atoms with Crippen molar-refractivity contribution >= 4 is 11.6 Å². The number of likely N-dealkylation sites (tertiary alicyclic amines) is 1. The first kappa shape index (κ1) is 15.8. The summed E-state index contributed by atoms with van der Waals surface area (Å²) in [6.45, 7) is 7.44. The SMILES string of the molecule is Cc1cc(C)n2nc(C(=O)N3CCC[C@H](c4[nH]ncc4C)C3)cc2n1. The molecule has 4 heterocycles. The minimum Gasteiger partial charge on any atom is -0.337 e. The van der Waals surface area contributed by atoms with Crippen LogP contribution in [0.2, 0.25) is 0 Å². The largest absolute Gasteiger partial charge is 0.337 e. The van der Waals surface area contributed by atoms with Gasteiger partial charge in [0.1, 0.15) is 0 Å². The molecule has 1 amide bonds. The van der Waals surface area contributed by atoms with Gasteiger partial charge in [0.2, 0.25) is 0 Å². The molecule has 1 saturated heterocycles. The van der Waals surface area contributed by atoms with Gasteiger partial charge in [-0.25, -0.2) is 9.50 Å². The third-order valence-corrected chi connectivity index (χ3v) is 4.94. The van der Waals surface area contributed by atoms with Crippen LogP contribution < -0.4 is 0 Å². The topological polar surface area (TPSA) is 79.2 Å². The van der Waals surface area contributed by atoms with Crippen LogP contribution in [0.3, 0.4) is 0 Å². The predicted octanol–water partition coefficient (Wildman–Crippen LogP) is 2.40. The fourth-order valence-electron chi connectivity index (χ4n) is 3.72. The quantitative estimate of drug-likeness (QED) is 0.778. The van der Waals surface area contributed by atoms with Crippen LogP contribution in [-0.2, 0) is 0 Å². The van der Waals surface area contributed by atoms with E-state index in [1.807, 2.05) is 31.0 Å². The molecule has 0 unspecified atom stereocenters. The van der Waals surface area contributed by atoms with Gasteiger partial charge in [0.25, 0.3) is 5.91 Å². The van der Waals surface area contributed by atoms with Crippen LogP contribution in [0.5, 0.6) is 0 Å². The highest BCUT2D eigenvalue weighted by atomic mass is 16.2. The van der Waals surface area contributed by atoms with E-state index in [-0.39, 0.29) is 5.91 Å². The number of carbonyl (C=O) groups excluding carboxylic acids is 1. The van der Waals surface area contributed by atoms with Crippen LogP contribution in [0.15, 0.2) is 18.3 Å². The van der Waals surface area contributed by atoms with Crippen LogP contribution in [0.4, 0.5) is 0 Å². The monoisotopic (exact) mass is 338 g/mol. The fraction of sp³-hybridized carbons (Fsp3) is 0.444. The number of carbonyl (C=O) groups is 1. The Labute approximate surface area is 146 Å². The zero-order valence-corrected chi connectivity index (χ0v) is 14.8. The molecule has 3 aromatic rings. The summed E-state index contributed by atoms with van der Waals surface area (Å²) in [7, 11) is 0. The van der Waals surface area contributed by atoms with Crippen molar-refractivity contribution in [1.82, 2.24) is 29.7 Å². The maximum Gasteiger partial charge on any atom is 0.274 e. The molecular weight excluding hydrogens is 316 g/mol. The van der Waals surface area contributed by atoms with Crippen LogP contribution >= 0.6 is 0 Å². The van der Waals surface area contributed by atoms with E-state index in [9.17, 15) is 4.79 Å². The van der Waals surface area contributed by atoms with Gasteiger partial charge in [0.15, 0.2) is 11.3 Å². The van der Waals surface area contributed by atoms with Crippen LogP contribution in [-0.4, -0.2) is 48.7 Å². The van der Waals surface area contributed by atoms with Crippen molar-refractivity contribution in [2.24, 2.45) is 0 Å². The first-order chi connectivity index (χ1) is 12.0. The number of hydrogen-bond acceptors (Lipinski definition) is 4. The van der Waals surface area contributed by atoms with Gasteiger partial charge in [-0.15, -0.1) is 0 Å². The lowest BCUT2D eigenvalue weighted by Crippen LogP contribution is -2.39. The van der Waals surface area contributed by atoms with E-state index in [4.69, 9.17) is 0 Å². The Morgan fingerprint density at radius 3 is 2.88 bits per heavy atom. The zero-order valence-electron chi connectivity index (χ0n) is 14.8. The number of nitrogens with one attached hydrogen (secondary N) is 1. The number of aromatic nitrogens is 5. The smallest absolute Gasteiger partial charge is 0.274 e. The molecule has 0 bridgehead atoms. The van der Waals surface area contributed by atoms with Crippen molar-refractivity contribution in [3.8, 4) is 0 Å². The number of aryl methyl sites for hydroxylation is 3. The van der Waals surface area contributed by atoms with Crippen molar-refractivity contribution in [1.29, 1.82) is 0 Å². The molecule has 0 aromatic carbocycles. The lowest BCUT2D eigenvalue weighted by molar-refractivity contribution is 0.0699. The molecule has 1 aliphatic heterocycles. The van der Waals surface area contributed by atoms with Gasteiger partial charge in [-0.2, -0.15) is 10.2 Å². The predicted molar refractivity (Wildman–Crippen MR) is 93.7 cm³/mol. The summed E-state index contributed by atoms with van der Waals surface area (Å²) in [5.41, 5.74) is 5.38. The standard InChI is InChI=1S/C18H22N6O/c1-11-9-19-21-17(11)14-5-4-6-23(10-14)18(25)15-8-16-20-12(2)7-13(3)24(16)22-15/h7-9,14H,4-6,10H2,1-3H3,(H,19,21)/t14-/m0/s1. The fourth-order valence-corrected chi connectivity index (χ4v) is 3.72. The molecular formula is C18H22N6O. The van der Waals surface area contributed by atoms with E-state index in [2.05, 4.69) is 27.2 Å². The van der Waals surface area contributed by atoms with E-state index in [0.717, 1.165) is 47.7 Å². The van der Waals surface area contributed by atoms with Crippen molar-refractivity contribution in [3.63, 3.8) is 0 Å². The molecule has 1 fully saturated rings. The average molecular weight is 338 g/mol. The van der Waals surface area contributed by atoms with Gasteiger partial charge in [0, 0.05) is 42.2 Å². The summed E-state index contributed by atoms with van der Waals surface area (Å²) in [5, 5.41) is 11.7. The Morgan fingerprint density at radius 2 is 2.12 bits per heavy atom. The van der Waals surface area contributed by atoms with Gasteiger partial charge in [-0.05, 0) is 45.2 Å². The number of amides is 1. The second kappa shape index (κ2) is 5.98. The van der Waals surface area contributed by atoms with E-state index in [1.165, 1.54) is 0 Å². The minimum absolute atomic E-state index is 0.0237. The van der Waals surface area contributed by atoms with Crippen LogP contribution in [0, 0.1) is 20.8 Å². The minimum atomic E-state index is -0.0237. The molecule has 130 valence electrons. The lowest BCUT2D eigenvalue weighted by Gasteiger charge is -2.32. The van der Waals surface area contributed by atoms with Crippen LogP contribution in [0.25, 0.3) is 5.65 Å². The van der Waals surface area contributed by atoms with Gasteiger partial charge in [0.05, 0.1) is 6.20 Å². The van der Waals surface area contributed by atoms with Crippen molar-refractivity contribution in [3.05, 3.63) is 46.7 Å².